The number of hydrogen-bond donors (Lipinski definition) is 2. The quantitative estimate of drug-likeness (QED) is 0.534. The molecule has 0 saturated heterocycles. The van der Waals surface area contributed by atoms with Crippen LogP contribution in [-0.4, -0.2) is 32.3 Å². The van der Waals surface area contributed by atoms with Crippen LogP contribution < -0.4 is 15.8 Å². The number of carbonyl (C=O) groups is 1. The van der Waals surface area contributed by atoms with E-state index in [9.17, 15) is 4.79 Å². The predicted molar refractivity (Wildman–Crippen MR) is 79.6 cm³/mol. The summed E-state index contributed by atoms with van der Waals surface area (Å²) in [5.41, 5.74) is 6.28. The molecule has 0 aliphatic rings. The normalized spacial score (nSPS) is 10.6. The van der Waals surface area contributed by atoms with Crippen LogP contribution in [-0.2, 0) is 9.53 Å². The van der Waals surface area contributed by atoms with Gasteiger partial charge in [-0.05, 0) is 18.1 Å². The molecule has 0 heterocycles. The lowest BCUT2D eigenvalue weighted by molar-refractivity contribution is -0.121. The number of rotatable bonds is 9. The summed E-state index contributed by atoms with van der Waals surface area (Å²) in [7, 11) is 0. The number of hydrogen-bond acceptors (Lipinski definition) is 4. The van der Waals surface area contributed by atoms with Gasteiger partial charge in [-0.3, -0.25) is 4.79 Å². The van der Waals surface area contributed by atoms with Gasteiger partial charge in [0.2, 0.25) is 5.91 Å². The average Bonchev–Trinajstić information content (AvgIpc) is 2.38. The largest absolute Gasteiger partial charge is 0.493 e. The summed E-state index contributed by atoms with van der Waals surface area (Å²) in [5.74, 6) is 1.15. The molecule has 20 heavy (non-hydrogen) atoms. The lowest BCUT2D eigenvalue weighted by Crippen LogP contribution is -2.28. The van der Waals surface area contributed by atoms with Crippen molar-refractivity contribution in [1.29, 1.82) is 0 Å². The number of ether oxygens (including phenoxy) is 2. The second kappa shape index (κ2) is 9.20. The molecule has 1 aromatic rings. The van der Waals surface area contributed by atoms with Crippen LogP contribution in [0.2, 0.25) is 0 Å². The SMILES string of the molecule is CC(C)COCCNC(=O)CCOc1cccc(N)c1. The number of nitrogen functional groups attached to an aromatic ring is 1. The molecule has 112 valence electrons. The van der Waals surface area contributed by atoms with Crippen molar-refractivity contribution in [3.05, 3.63) is 24.3 Å². The van der Waals surface area contributed by atoms with E-state index in [4.69, 9.17) is 15.2 Å². The van der Waals surface area contributed by atoms with Crippen molar-refractivity contribution in [2.45, 2.75) is 20.3 Å². The highest BCUT2D eigenvalue weighted by molar-refractivity contribution is 5.75. The fourth-order valence-electron chi connectivity index (χ4n) is 1.54. The number of nitrogens with two attached hydrogens (primary N) is 1. The average molecular weight is 280 g/mol. The van der Waals surface area contributed by atoms with E-state index < -0.39 is 0 Å². The first-order valence-electron chi connectivity index (χ1n) is 6.90. The standard InChI is InChI=1S/C15H24N2O3/c1-12(2)11-19-9-7-17-15(18)6-8-20-14-5-3-4-13(16)10-14/h3-5,10,12H,6-9,11,16H2,1-2H3,(H,17,18). The maximum Gasteiger partial charge on any atom is 0.223 e. The molecular weight excluding hydrogens is 256 g/mol. The molecule has 5 nitrogen and oxygen atoms in total. The fourth-order valence-corrected chi connectivity index (χ4v) is 1.54. The summed E-state index contributed by atoms with van der Waals surface area (Å²) < 4.78 is 10.8. The molecule has 0 aliphatic carbocycles. The molecular formula is C15H24N2O3. The topological polar surface area (TPSA) is 73.6 Å². The summed E-state index contributed by atoms with van der Waals surface area (Å²) in [4.78, 5) is 11.5. The highest BCUT2D eigenvalue weighted by atomic mass is 16.5. The van der Waals surface area contributed by atoms with Crippen molar-refractivity contribution in [3.8, 4) is 5.75 Å². The van der Waals surface area contributed by atoms with Gasteiger partial charge in [0.25, 0.3) is 0 Å². The Balaban J connectivity index is 2.05. The van der Waals surface area contributed by atoms with Crippen LogP contribution in [0.25, 0.3) is 0 Å². The van der Waals surface area contributed by atoms with Gasteiger partial charge in [0.15, 0.2) is 0 Å². The molecule has 0 bridgehead atoms. The Morgan fingerprint density at radius 2 is 2.15 bits per heavy atom. The number of nitrogens with one attached hydrogen (secondary N) is 1. The van der Waals surface area contributed by atoms with Crippen molar-refractivity contribution in [2.24, 2.45) is 5.92 Å². The van der Waals surface area contributed by atoms with E-state index in [1.165, 1.54) is 0 Å². The molecule has 3 N–H and O–H groups in total. The van der Waals surface area contributed by atoms with E-state index in [0.29, 0.717) is 50.1 Å². The third-order valence-corrected chi connectivity index (χ3v) is 2.48. The summed E-state index contributed by atoms with van der Waals surface area (Å²) in [5, 5.41) is 2.79. The molecule has 1 amide bonds. The molecule has 1 aromatic carbocycles. The third-order valence-electron chi connectivity index (χ3n) is 2.48. The lowest BCUT2D eigenvalue weighted by atomic mass is 10.2. The monoisotopic (exact) mass is 280 g/mol. The van der Waals surface area contributed by atoms with E-state index in [-0.39, 0.29) is 5.91 Å². The van der Waals surface area contributed by atoms with E-state index in [1.807, 2.05) is 12.1 Å². The van der Waals surface area contributed by atoms with Crippen LogP contribution in [0.15, 0.2) is 24.3 Å². The van der Waals surface area contributed by atoms with Crippen molar-refractivity contribution in [2.75, 3.05) is 32.1 Å². The van der Waals surface area contributed by atoms with Crippen molar-refractivity contribution >= 4 is 11.6 Å². The van der Waals surface area contributed by atoms with Crippen LogP contribution in [0.3, 0.4) is 0 Å². The molecule has 0 atom stereocenters. The number of amides is 1. The first kappa shape index (κ1) is 16.3. The molecule has 0 fully saturated rings. The zero-order valence-electron chi connectivity index (χ0n) is 12.2. The Bertz CT molecular complexity index is 408. The number of carbonyl (C=O) groups excluding carboxylic acids is 1. The molecule has 0 aromatic heterocycles. The highest BCUT2D eigenvalue weighted by Gasteiger charge is 2.02. The van der Waals surface area contributed by atoms with Gasteiger partial charge in [0, 0.05) is 24.9 Å². The zero-order valence-corrected chi connectivity index (χ0v) is 12.2. The molecule has 5 heteroatoms. The summed E-state index contributed by atoms with van der Waals surface area (Å²) in [6.45, 7) is 6.30. The Morgan fingerprint density at radius 3 is 2.85 bits per heavy atom. The first-order chi connectivity index (χ1) is 9.58. The van der Waals surface area contributed by atoms with E-state index in [0.717, 1.165) is 0 Å². The zero-order chi connectivity index (χ0) is 14.8. The smallest absolute Gasteiger partial charge is 0.223 e. The minimum Gasteiger partial charge on any atom is -0.493 e. The van der Waals surface area contributed by atoms with Crippen molar-refractivity contribution in [1.82, 2.24) is 5.32 Å². The molecule has 0 unspecified atom stereocenters. The van der Waals surface area contributed by atoms with Gasteiger partial charge in [-0.15, -0.1) is 0 Å². The van der Waals surface area contributed by atoms with Crippen LogP contribution in [0.4, 0.5) is 5.69 Å². The molecule has 1 rings (SSSR count). The van der Waals surface area contributed by atoms with Crippen LogP contribution >= 0.6 is 0 Å². The lowest BCUT2D eigenvalue weighted by Gasteiger charge is -2.09. The van der Waals surface area contributed by atoms with E-state index >= 15 is 0 Å². The predicted octanol–water partition coefficient (Wildman–Crippen LogP) is 1.83. The Morgan fingerprint density at radius 1 is 1.35 bits per heavy atom. The molecule has 0 radical (unpaired) electrons. The Hall–Kier alpha value is -1.75. The van der Waals surface area contributed by atoms with Crippen LogP contribution in [0, 0.1) is 5.92 Å². The summed E-state index contributed by atoms with van der Waals surface area (Å²) >= 11 is 0. The van der Waals surface area contributed by atoms with E-state index in [1.54, 1.807) is 12.1 Å². The fraction of sp³-hybridized carbons (Fsp3) is 0.533. The first-order valence-corrected chi connectivity index (χ1v) is 6.90. The third kappa shape index (κ3) is 7.63. The Labute approximate surface area is 120 Å². The summed E-state index contributed by atoms with van der Waals surface area (Å²) in [6.07, 6.45) is 0.318. The van der Waals surface area contributed by atoms with Gasteiger partial charge >= 0.3 is 0 Å². The van der Waals surface area contributed by atoms with Gasteiger partial charge in [-0.2, -0.15) is 0 Å². The maximum absolute atomic E-state index is 11.5. The van der Waals surface area contributed by atoms with Gasteiger partial charge in [-0.1, -0.05) is 19.9 Å². The molecule has 0 spiro atoms. The van der Waals surface area contributed by atoms with E-state index in [2.05, 4.69) is 19.2 Å². The van der Waals surface area contributed by atoms with Crippen LogP contribution in [0.1, 0.15) is 20.3 Å². The molecule has 0 saturated carbocycles. The van der Waals surface area contributed by atoms with Gasteiger partial charge in [0.05, 0.1) is 19.6 Å². The van der Waals surface area contributed by atoms with Crippen LogP contribution in [0.5, 0.6) is 5.75 Å². The maximum atomic E-state index is 11.5. The minimum absolute atomic E-state index is 0.0398. The number of anilines is 1. The van der Waals surface area contributed by atoms with Gasteiger partial charge in [-0.25, -0.2) is 0 Å². The van der Waals surface area contributed by atoms with Crippen molar-refractivity contribution in [3.63, 3.8) is 0 Å². The second-order valence-electron chi connectivity index (χ2n) is 4.99. The van der Waals surface area contributed by atoms with Crippen molar-refractivity contribution < 1.29 is 14.3 Å². The molecule has 0 aliphatic heterocycles. The number of benzene rings is 1. The van der Waals surface area contributed by atoms with Gasteiger partial charge in [0.1, 0.15) is 5.75 Å². The Kier molecular flexibility index (Phi) is 7.50. The summed E-state index contributed by atoms with van der Waals surface area (Å²) in [6, 6.07) is 7.15. The highest BCUT2D eigenvalue weighted by Crippen LogP contribution is 2.14. The van der Waals surface area contributed by atoms with Gasteiger partial charge < -0.3 is 20.5 Å². The second-order valence-corrected chi connectivity index (χ2v) is 4.99. The minimum atomic E-state index is -0.0398.